The Balaban J connectivity index is 1.56. The average molecular weight is 505 g/mol. The van der Waals surface area contributed by atoms with Gasteiger partial charge in [-0.2, -0.15) is 0 Å². The number of Topliss-reactive ketones (excluding diaryl/α,β-unsaturated/α-hetero) is 1. The first-order valence-electron chi connectivity index (χ1n) is 12.4. The summed E-state index contributed by atoms with van der Waals surface area (Å²) in [5.41, 5.74) is 5.54. The summed E-state index contributed by atoms with van der Waals surface area (Å²) in [6.45, 7) is 6.18. The van der Waals surface area contributed by atoms with Gasteiger partial charge in [-0.25, -0.2) is 0 Å². The first-order valence-corrected chi connectivity index (χ1v) is 12.4. The molecule has 1 unspecified atom stereocenters. The van der Waals surface area contributed by atoms with Crippen LogP contribution in [0.5, 0.6) is 5.75 Å². The summed E-state index contributed by atoms with van der Waals surface area (Å²) in [6, 6.07) is 23.6. The second-order valence-corrected chi connectivity index (χ2v) is 9.55. The number of amides is 1. The van der Waals surface area contributed by atoms with Gasteiger partial charge in [-0.1, -0.05) is 36.4 Å². The zero-order valence-corrected chi connectivity index (χ0v) is 21.5. The van der Waals surface area contributed by atoms with Crippen molar-refractivity contribution in [2.75, 3.05) is 4.90 Å². The molecule has 1 saturated heterocycles. The summed E-state index contributed by atoms with van der Waals surface area (Å²) < 4.78 is 5.98. The second-order valence-electron chi connectivity index (χ2n) is 9.55. The smallest absolute Gasteiger partial charge is 0.300 e. The van der Waals surface area contributed by atoms with Crippen LogP contribution in [0.4, 0.5) is 5.69 Å². The number of hydrogen-bond donors (Lipinski definition) is 1. The molecule has 1 atom stereocenters. The lowest BCUT2D eigenvalue weighted by Gasteiger charge is -2.26. The van der Waals surface area contributed by atoms with Gasteiger partial charge in [0.1, 0.15) is 18.1 Å². The van der Waals surface area contributed by atoms with E-state index in [4.69, 9.17) is 4.74 Å². The predicted octanol–water partition coefficient (Wildman–Crippen LogP) is 6.21. The number of hydrogen-bond acceptors (Lipinski definition) is 5. The van der Waals surface area contributed by atoms with Crippen LogP contribution in [0.1, 0.15) is 39.4 Å². The van der Waals surface area contributed by atoms with Crippen LogP contribution in [-0.4, -0.2) is 21.8 Å². The van der Waals surface area contributed by atoms with Crippen molar-refractivity contribution in [2.24, 2.45) is 0 Å². The van der Waals surface area contributed by atoms with Crippen molar-refractivity contribution in [3.63, 3.8) is 0 Å². The Morgan fingerprint density at radius 2 is 1.58 bits per heavy atom. The molecule has 1 amide bonds. The maximum atomic E-state index is 13.4. The van der Waals surface area contributed by atoms with E-state index >= 15 is 0 Å². The SMILES string of the molecule is Cc1cc(C)cc(N2C(=O)C(=O)/C(=C(\O)c3ccc(OCc4ccccc4)c(C)c3)C2c2ccncc2)c1. The van der Waals surface area contributed by atoms with Crippen molar-refractivity contribution in [2.45, 2.75) is 33.4 Å². The van der Waals surface area contributed by atoms with Crippen molar-refractivity contribution >= 4 is 23.1 Å². The van der Waals surface area contributed by atoms with Crippen molar-refractivity contribution in [1.82, 2.24) is 4.98 Å². The van der Waals surface area contributed by atoms with Crippen LogP contribution < -0.4 is 9.64 Å². The Hall–Kier alpha value is -4.71. The highest BCUT2D eigenvalue weighted by atomic mass is 16.5. The number of aliphatic hydroxyl groups is 1. The van der Waals surface area contributed by atoms with Crippen LogP contribution in [0.2, 0.25) is 0 Å². The normalized spacial score (nSPS) is 16.6. The molecule has 1 fully saturated rings. The van der Waals surface area contributed by atoms with Crippen LogP contribution >= 0.6 is 0 Å². The average Bonchev–Trinajstić information content (AvgIpc) is 3.18. The van der Waals surface area contributed by atoms with Gasteiger partial charge in [-0.3, -0.25) is 19.5 Å². The highest BCUT2D eigenvalue weighted by Gasteiger charge is 2.47. The van der Waals surface area contributed by atoms with E-state index in [1.807, 2.05) is 69.3 Å². The number of pyridine rings is 1. The van der Waals surface area contributed by atoms with E-state index < -0.39 is 17.7 Å². The highest BCUT2D eigenvalue weighted by molar-refractivity contribution is 6.51. The zero-order chi connectivity index (χ0) is 26.8. The maximum absolute atomic E-state index is 13.4. The minimum atomic E-state index is -0.798. The third kappa shape index (κ3) is 4.81. The Labute approximate surface area is 221 Å². The summed E-state index contributed by atoms with van der Waals surface area (Å²) in [6.07, 6.45) is 3.22. The fourth-order valence-corrected chi connectivity index (χ4v) is 4.90. The summed E-state index contributed by atoms with van der Waals surface area (Å²) in [7, 11) is 0. The molecule has 38 heavy (non-hydrogen) atoms. The lowest BCUT2D eigenvalue weighted by Crippen LogP contribution is -2.29. The number of rotatable bonds is 6. The van der Waals surface area contributed by atoms with Crippen molar-refractivity contribution in [3.8, 4) is 5.75 Å². The predicted molar refractivity (Wildman–Crippen MR) is 147 cm³/mol. The highest BCUT2D eigenvalue weighted by Crippen LogP contribution is 2.42. The van der Waals surface area contributed by atoms with Crippen LogP contribution in [-0.2, 0) is 16.2 Å². The molecule has 190 valence electrons. The number of carbonyl (C=O) groups is 2. The second kappa shape index (κ2) is 10.3. The van der Waals surface area contributed by atoms with Gasteiger partial charge in [-0.05, 0) is 91.1 Å². The van der Waals surface area contributed by atoms with E-state index in [-0.39, 0.29) is 11.3 Å². The largest absolute Gasteiger partial charge is 0.507 e. The Bertz CT molecular complexity index is 1520. The molecule has 1 N–H and O–H groups in total. The summed E-state index contributed by atoms with van der Waals surface area (Å²) in [5, 5.41) is 11.5. The first-order chi connectivity index (χ1) is 18.3. The number of nitrogens with zero attached hydrogens (tertiary/aromatic N) is 2. The standard InChI is InChI=1S/C32H28N2O4/c1-20-15-21(2)17-26(16-20)34-29(24-11-13-33-14-12-24)28(31(36)32(34)37)30(35)25-9-10-27(22(3)18-25)38-19-23-7-5-4-6-8-23/h4-18,29,35H,19H2,1-3H3/b30-28-. The Morgan fingerprint density at radius 1 is 0.895 bits per heavy atom. The monoisotopic (exact) mass is 504 g/mol. The van der Waals surface area contributed by atoms with Gasteiger partial charge in [0.15, 0.2) is 0 Å². The van der Waals surface area contributed by atoms with Crippen LogP contribution in [0.25, 0.3) is 5.76 Å². The van der Waals surface area contributed by atoms with E-state index in [0.29, 0.717) is 29.2 Å². The first kappa shape index (κ1) is 25.0. The number of anilines is 1. The number of ether oxygens (including phenoxy) is 1. The molecular weight excluding hydrogens is 476 g/mol. The van der Waals surface area contributed by atoms with E-state index in [1.165, 1.54) is 4.90 Å². The summed E-state index contributed by atoms with van der Waals surface area (Å²) in [5.74, 6) is -0.968. The van der Waals surface area contributed by atoms with E-state index in [9.17, 15) is 14.7 Å². The third-order valence-electron chi connectivity index (χ3n) is 6.64. The minimum Gasteiger partial charge on any atom is -0.507 e. The van der Waals surface area contributed by atoms with Crippen LogP contribution in [0.3, 0.4) is 0 Å². The lowest BCUT2D eigenvalue weighted by atomic mass is 9.95. The fourth-order valence-electron chi connectivity index (χ4n) is 4.90. The maximum Gasteiger partial charge on any atom is 0.300 e. The number of ketones is 1. The molecule has 0 saturated carbocycles. The van der Waals surface area contributed by atoms with E-state index in [2.05, 4.69) is 4.98 Å². The van der Waals surface area contributed by atoms with Crippen molar-refractivity contribution in [3.05, 3.63) is 130 Å². The number of benzene rings is 3. The molecule has 3 aromatic carbocycles. The molecule has 0 radical (unpaired) electrons. The van der Waals surface area contributed by atoms with Crippen LogP contribution in [0, 0.1) is 20.8 Å². The van der Waals surface area contributed by atoms with Gasteiger partial charge >= 0.3 is 0 Å². The van der Waals surface area contributed by atoms with Crippen molar-refractivity contribution in [1.29, 1.82) is 0 Å². The molecule has 5 rings (SSSR count). The molecule has 6 nitrogen and oxygen atoms in total. The lowest BCUT2D eigenvalue weighted by molar-refractivity contribution is -0.132. The molecule has 0 aliphatic carbocycles. The molecule has 0 spiro atoms. The Morgan fingerprint density at radius 3 is 2.24 bits per heavy atom. The van der Waals surface area contributed by atoms with Gasteiger partial charge in [0.05, 0.1) is 11.6 Å². The van der Waals surface area contributed by atoms with Crippen molar-refractivity contribution < 1.29 is 19.4 Å². The molecule has 2 heterocycles. The number of aliphatic hydroxyl groups excluding tert-OH is 1. The molecule has 6 heteroatoms. The summed E-state index contributed by atoms with van der Waals surface area (Å²) in [4.78, 5) is 32.4. The minimum absolute atomic E-state index is 0.0395. The van der Waals surface area contributed by atoms with Gasteiger partial charge in [-0.15, -0.1) is 0 Å². The third-order valence-corrected chi connectivity index (χ3v) is 6.64. The molecule has 1 aromatic heterocycles. The quantitative estimate of drug-likeness (QED) is 0.192. The molecule has 0 bridgehead atoms. The van der Waals surface area contributed by atoms with Gasteiger partial charge in [0.25, 0.3) is 11.7 Å². The van der Waals surface area contributed by atoms with Gasteiger partial charge < -0.3 is 9.84 Å². The number of carbonyl (C=O) groups excluding carboxylic acids is 2. The number of aromatic nitrogens is 1. The molecule has 4 aromatic rings. The fraction of sp³-hybridized carbons (Fsp3) is 0.156. The topological polar surface area (TPSA) is 79.7 Å². The van der Waals surface area contributed by atoms with E-state index in [0.717, 1.165) is 22.3 Å². The molecular formula is C32H28N2O4. The Kier molecular flexibility index (Phi) is 6.79. The number of aryl methyl sites for hydroxylation is 3. The van der Waals surface area contributed by atoms with E-state index in [1.54, 1.807) is 42.7 Å². The van der Waals surface area contributed by atoms with Crippen LogP contribution in [0.15, 0.2) is 96.8 Å². The van der Waals surface area contributed by atoms with Gasteiger partial charge in [0.2, 0.25) is 0 Å². The molecule has 1 aliphatic rings. The summed E-state index contributed by atoms with van der Waals surface area (Å²) >= 11 is 0. The molecule has 1 aliphatic heterocycles. The van der Waals surface area contributed by atoms with Gasteiger partial charge in [0, 0.05) is 23.6 Å². The zero-order valence-electron chi connectivity index (χ0n) is 21.5.